The van der Waals surface area contributed by atoms with E-state index in [9.17, 15) is 0 Å². The van der Waals surface area contributed by atoms with E-state index in [1.165, 1.54) is 11.1 Å². The van der Waals surface area contributed by atoms with Crippen LogP contribution in [0.4, 0.5) is 0 Å². The van der Waals surface area contributed by atoms with Crippen LogP contribution in [-0.2, 0) is 13.0 Å². The molecule has 0 spiro atoms. The lowest BCUT2D eigenvalue weighted by molar-refractivity contribution is 0.195. The van der Waals surface area contributed by atoms with Gasteiger partial charge in [0, 0.05) is 13.1 Å². The van der Waals surface area contributed by atoms with E-state index in [2.05, 4.69) is 57.0 Å². The molecule has 0 radical (unpaired) electrons. The van der Waals surface area contributed by atoms with Crippen LogP contribution in [0.25, 0.3) is 0 Å². The van der Waals surface area contributed by atoms with Gasteiger partial charge in [-0.2, -0.15) is 0 Å². The van der Waals surface area contributed by atoms with Crippen molar-refractivity contribution < 1.29 is 0 Å². The second-order valence-corrected chi connectivity index (χ2v) is 6.05. The van der Waals surface area contributed by atoms with Gasteiger partial charge in [0.05, 0.1) is 0 Å². The summed E-state index contributed by atoms with van der Waals surface area (Å²) < 4.78 is 0. The summed E-state index contributed by atoms with van der Waals surface area (Å²) in [6.45, 7) is 9.63. The molecule has 0 heterocycles. The van der Waals surface area contributed by atoms with Gasteiger partial charge in [-0.15, -0.1) is 0 Å². The maximum atomic E-state index is 5.66. The molecular weight excluding hydrogens is 220 g/mol. The molecule has 102 valence electrons. The van der Waals surface area contributed by atoms with Gasteiger partial charge < -0.3 is 10.6 Å². The van der Waals surface area contributed by atoms with E-state index in [0.717, 1.165) is 32.5 Å². The van der Waals surface area contributed by atoms with Crippen molar-refractivity contribution >= 4 is 0 Å². The van der Waals surface area contributed by atoms with Gasteiger partial charge in [0.25, 0.3) is 0 Å². The maximum absolute atomic E-state index is 5.66. The Morgan fingerprint density at radius 3 is 2.17 bits per heavy atom. The molecule has 1 aromatic rings. The van der Waals surface area contributed by atoms with E-state index < -0.39 is 0 Å². The zero-order valence-electron chi connectivity index (χ0n) is 12.4. The van der Waals surface area contributed by atoms with Crippen molar-refractivity contribution in [2.45, 2.75) is 40.2 Å². The van der Waals surface area contributed by atoms with Crippen LogP contribution >= 0.6 is 0 Å². The molecule has 0 saturated carbocycles. The molecule has 2 nitrogen and oxygen atoms in total. The third-order valence-electron chi connectivity index (χ3n) is 3.40. The third-order valence-corrected chi connectivity index (χ3v) is 3.40. The monoisotopic (exact) mass is 248 g/mol. The van der Waals surface area contributed by atoms with Crippen molar-refractivity contribution in [3.8, 4) is 0 Å². The van der Waals surface area contributed by atoms with Crippen LogP contribution in [-0.4, -0.2) is 25.0 Å². The SMILES string of the molecule is CCc1ccc(CN(C)CC(C)(C)CCN)cc1. The summed E-state index contributed by atoms with van der Waals surface area (Å²) in [5.74, 6) is 0. The Kier molecular flexibility index (Phi) is 5.83. The molecule has 0 unspecified atom stereocenters. The van der Waals surface area contributed by atoms with Crippen molar-refractivity contribution in [2.75, 3.05) is 20.1 Å². The van der Waals surface area contributed by atoms with Crippen molar-refractivity contribution in [1.29, 1.82) is 0 Å². The smallest absolute Gasteiger partial charge is 0.0230 e. The lowest BCUT2D eigenvalue weighted by Crippen LogP contribution is -2.32. The fraction of sp³-hybridized carbons (Fsp3) is 0.625. The van der Waals surface area contributed by atoms with Crippen molar-refractivity contribution in [3.63, 3.8) is 0 Å². The molecule has 0 aliphatic carbocycles. The van der Waals surface area contributed by atoms with Gasteiger partial charge in [0.1, 0.15) is 0 Å². The molecule has 0 amide bonds. The summed E-state index contributed by atoms with van der Waals surface area (Å²) in [4.78, 5) is 2.39. The Labute approximate surface area is 112 Å². The number of aryl methyl sites for hydroxylation is 1. The van der Waals surface area contributed by atoms with Gasteiger partial charge in [-0.1, -0.05) is 45.0 Å². The summed E-state index contributed by atoms with van der Waals surface area (Å²) >= 11 is 0. The minimum atomic E-state index is 0.298. The Morgan fingerprint density at radius 2 is 1.67 bits per heavy atom. The van der Waals surface area contributed by atoms with Crippen molar-refractivity contribution in [3.05, 3.63) is 35.4 Å². The molecule has 1 rings (SSSR count). The molecule has 0 bridgehead atoms. The van der Waals surface area contributed by atoms with Gasteiger partial charge in [0.2, 0.25) is 0 Å². The molecule has 0 aliphatic heterocycles. The van der Waals surface area contributed by atoms with Crippen LogP contribution in [0.1, 0.15) is 38.3 Å². The van der Waals surface area contributed by atoms with Crippen molar-refractivity contribution in [1.82, 2.24) is 4.90 Å². The zero-order chi connectivity index (χ0) is 13.6. The molecule has 18 heavy (non-hydrogen) atoms. The van der Waals surface area contributed by atoms with Gasteiger partial charge >= 0.3 is 0 Å². The Morgan fingerprint density at radius 1 is 1.11 bits per heavy atom. The molecule has 0 fully saturated rings. The van der Waals surface area contributed by atoms with Crippen LogP contribution in [0.5, 0.6) is 0 Å². The minimum absolute atomic E-state index is 0.298. The number of hydrogen-bond acceptors (Lipinski definition) is 2. The predicted octanol–water partition coefficient (Wildman–Crippen LogP) is 3.06. The highest BCUT2D eigenvalue weighted by molar-refractivity contribution is 5.22. The van der Waals surface area contributed by atoms with Crippen LogP contribution in [0.3, 0.4) is 0 Å². The molecule has 0 aromatic heterocycles. The lowest BCUT2D eigenvalue weighted by atomic mass is 9.89. The van der Waals surface area contributed by atoms with Crippen LogP contribution in [0.15, 0.2) is 24.3 Å². The quantitative estimate of drug-likeness (QED) is 0.803. The fourth-order valence-electron chi connectivity index (χ4n) is 2.45. The summed E-state index contributed by atoms with van der Waals surface area (Å²) in [5, 5.41) is 0. The highest BCUT2D eigenvalue weighted by atomic mass is 15.1. The number of benzene rings is 1. The average molecular weight is 248 g/mol. The maximum Gasteiger partial charge on any atom is 0.0230 e. The normalized spacial score (nSPS) is 12.1. The number of nitrogens with two attached hydrogens (primary N) is 1. The Balaban J connectivity index is 2.50. The molecule has 0 atom stereocenters. The summed E-state index contributed by atoms with van der Waals surface area (Å²) in [6, 6.07) is 8.94. The summed E-state index contributed by atoms with van der Waals surface area (Å²) in [6.07, 6.45) is 2.19. The van der Waals surface area contributed by atoms with Crippen LogP contribution < -0.4 is 5.73 Å². The summed E-state index contributed by atoms with van der Waals surface area (Å²) in [7, 11) is 2.19. The van der Waals surface area contributed by atoms with E-state index in [4.69, 9.17) is 5.73 Å². The third kappa shape index (κ3) is 5.19. The van der Waals surface area contributed by atoms with E-state index in [0.29, 0.717) is 5.41 Å². The lowest BCUT2D eigenvalue weighted by Gasteiger charge is -2.30. The molecule has 0 aliphatic rings. The second kappa shape index (κ2) is 6.91. The van der Waals surface area contributed by atoms with Crippen molar-refractivity contribution in [2.24, 2.45) is 11.1 Å². The highest BCUT2D eigenvalue weighted by Gasteiger charge is 2.18. The zero-order valence-corrected chi connectivity index (χ0v) is 12.4. The second-order valence-electron chi connectivity index (χ2n) is 6.05. The topological polar surface area (TPSA) is 29.3 Å². The largest absolute Gasteiger partial charge is 0.330 e. The number of rotatable bonds is 7. The predicted molar refractivity (Wildman–Crippen MR) is 79.6 cm³/mol. The average Bonchev–Trinajstić information content (AvgIpc) is 2.28. The highest BCUT2D eigenvalue weighted by Crippen LogP contribution is 2.21. The number of hydrogen-bond donors (Lipinski definition) is 1. The summed E-state index contributed by atoms with van der Waals surface area (Å²) in [5.41, 5.74) is 8.75. The van der Waals surface area contributed by atoms with Crippen LogP contribution in [0.2, 0.25) is 0 Å². The van der Waals surface area contributed by atoms with Gasteiger partial charge in [-0.3, -0.25) is 0 Å². The molecule has 0 saturated heterocycles. The van der Waals surface area contributed by atoms with Gasteiger partial charge in [-0.05, 0) is 43.0 Å². The van der Waals surface area contributed by atoms with Crippen LogP contribution in [0, 0.1) is 5.41 Å². The molecule has 1 aromatic carbocycles. The Hall–Kier alpha value is -0.860. The first kappa shape index (κ1) is 15.2. The molecule has 2 N–H and O–H groups in total. The van der Waals surface area contributed by atoms with Gasteiger partial charge in [-0.25, -0.2) is 0 Å². The fourth-order valence-corrected chi connectivity index (χ4v) is 2.45. The minimum Gasteiger partial charge on any atom is -0.330 e. The number of nitrogens with zero attached hydrogens (tertiary/aromatic N) is 1. The van der Waals surface area contributed by atoms with E-state index in [-0.39, 0.29) is 0 Å². The first-order valence-corrected chi connectivity index (χ1v) is 6.93. The van der Waals surface area contributed by atoms with E-state index >= 15 is 0 Å². The molecule has 2 heteroatoms. The standard InChI is InChI=1S/C16H28N2/c1-5-14-6-8-15(9-7-14)12-18(4)13-16(2,3)10-11-17/h6-9H,5,10-13,17H2,1-4H3. The molecular formula is C16H28N2. The van der Waals surface area contributed by atoms with Gasteiger partial charge in [0.15, 0.2) is 0 Å². The first-order valence-electron chi connectivity index (χ1n) is 6.93. The van der Waals surface area contributed by atoms with E-state index in [1.54, 1.807) is 0 Å². The van der Waals surface area contributed by atoms with E-state index in [1.807, 2.05) is 0 Å². The Bertz CT molecular complexity index is 341. The first-order chi connectivity index (χ1) is 8.46.